The van der Waals surface area contributed by atoms with Crippen LogP contribution >= 0.6 is 22.7 Å². The highest BCUT2D eigenvalue weighted by atomic mass is 32.1. The summed E-state index contributed by atoms with van der Waals surface area (Å²) in [6.07, 6.45) is 0.00497. The van der Waals surface area contributed by atoms with E-state index < -0.39 is 5.97 Å². The molecule has 126 valence electrons. The molecule has 0 amide bonds. The summed E-state index contributed by atoms with van der Waals surface area (Å²) < 4.78 is 2.10. The highest BCUT2D eigenvalue weighted by Gasteiger charge is 2.22. The fourth-order valence-corrected chi connectivity index (χ4v) is 4.94. The molecule has 0 unspecified atom stereocenters. The van der Waals surface area contributed by atoms with Crippen molar-refractivity contribution in [1.82, 2.24) is 9.38 Å². The minimum absolute atomic E-state index is 0.00497. The van der Waals surface area contributed by atoms with E-state index in [0.717, 1.165) is 37.4 Å². The van der Waals surface area contributed by atoms with Crippen molar-refractivity contribution in [2.75, 3.05) is 0 Å². The third-order valence-corrected chi connectivity index (χ3v) is 6.09. The van der Waals surface area contributed by atoms with Gasteiger partial charge in [0.05, 0.1) is 17.0 Å². The quantitative estimate of drug-likeness (QED) is 0.549. The first kappa shape index (κ1) is 16.1. The van der Waals surface area contributed by atoms with E-state index in [1.165, 1.54) is 16.9 Å². The third-order valence-electron chi connectivity index (χ3n) is 4.17. The topological polar surface area (TPSA) is 54.6 Å². The Morgan fingerprint density at radius 1 is 1.20 bits per heavy atom. The van der Waals surface area contributed by atoms with Gasteiger partial charge in [-0.15, -0.1) is 22.7 Å². The molecule has 25 heavy (non-hydrogen) atoms. The lowest BCUT2D eigenvalue weighted by Gasteiger charge is -2.06. The van der Waals surface area contributed by atoms with Gasteiger partial charge < -0.3 is 5.11 Å². The monoisotopic (exact) mass is 368 g/mol. The Balaban J connectivity index is 1.98. The van der Waals surface area contributed by atoms with Gasteiger partial charge in [0.15, 0.2) is 4.96 Å². The summed E-state index contributed by atoms with van der Waals surface area (Å²) in [5.41, 5.74) is 5.15. The number of aromatic nitrogens is 2. The summed E-state index contributed by atoms with van der Waals surface area (Å²) in [5.74, 6) is -0.825. The number of aliphatic carboxylic acids is 1. The van der Waals surface area contributed by atoms with Gasteiger partial charge in [-0.1, -0.05) is 35.9 Å². The predicted octanol–water partition coefficient (Wildman–Crippen LogP) is 5.04. The molecule has 3 heterocycles. The summed E-state index contributed by atoms with van der Waals surface area (Å²) in [6, 6.07) is 12.3. The third kappa shape index (κ3) is 2.77. The van der Waals surface area contributed by atoms with E-state index in [1.807, 2.05) is 37.4 Å². The average molecular weight is 368 g/mol. The van der Waals surface area contributed by atoms with E-state index in [0.29, 0.717) is 0 Å². The molecule has 1 aromatic carbocycles. The largest absolute Gasteiger partial charge is 0.481 e. The molecule has 3 aromatic heterocycles. The number of nitrogens with zero attached hydrogens (tertiary/aromatic N) is 2. The Kier molecular flexibility index (Phi) is 3.94. The Hall–Kier alpha value is -2.44. The molecule has 0 radical (unpaired) electrons. The van der Waals surface area contributed by atoms with E-state index in [9.17, 15) is 9.90 Å². The van der Waals surface area contributed by atoms with Crippen molar-refractivity contribution in [3.8, 4) is 21.8 Å². The van der Waals surface area contributed by atoms with Crippen LogP contribution in [0.15, 0.2) is 41.8 Å². The molecule has 0 aliphatic carbocycles. The van der Waals surface area contributed by atoms with Gasteiger partial charge in [0.2, 0.25) is 0 Å². The van der Waals surface area contributed by atoms with E-state index in [2.05, 4.69) is 22.6 Å². The van der Waals surface area contributed by atoms with Gasteiger partial charge in [0.25, 0.3) is 0 Å². The number of fused-ring (bicyclic) bond motifs is 1. The molecule has 0 spiro atoms. The first-order chi connectivity index (χ1) is 12.0. The fourth-order valence-electron chi connectivity index (χ4n) is 3.00. The van der Waals surface area contributed by atoms with Crippen molar-refractivity contribution in [1.29, 1.82) is 0 Å². The van der Waals surface area contributed by atoms with Gasteiger partial charge in [0, 0.05) is 10.6 Å². The number of thiazole rings is 1. The van der Waals surface area contributed by atoms with Gasteiger partial charge in [-0.2, -0.15) is 0 Å². The van der Waals surface area contributed by atoms with Crippen molar-refractivity contribution in [2.24, 2.45) is 0 Å². The molecule has 0 atom stereocenters. The molecule has 0 aliphatic rings. The number of rotatable bonds is 4. The molecule has 0 saturated heterocycles. The number of carboxylic acid groups (broad SMARTS) is 1. The van der Waals surface area contributed by atoms with Crippen LogP contribution in [-0.2, 0) is 11.2 Å². The number of aryl methyl sites for hydroxylation is 2. The minimum atomic E-state index is -0.825. The van der Waals surface area contributed by atoms with Crippen molar-refractivity contribution in [3.05, 3.63) is 57.9 Å². The Labute approximate surface area is 153 Å². The predicted molar refractivity (Wildman–Crippen MR) is 103 cm³/mol. The lowest BCUT2D eigenvalue weighted by Crippen LogP contribution is -2.01. The highest BCUT2D eigenvalue weighted by molar-refractivity contribution is 7.17. The summed E-state index contributed by atoms with van der Waals surface area (Å²) in [6.45, 7) is 4.09. The maximum absolute atomic E-state index is 11.3. The number of hydrogen-bond acceptors (Lipinski definition) is 4. The van der Waals surface area contributed by atoms with E-state index in [-0.39, 0.29) is 6.42 Å². The molecule has 0 bridgehead atoms. The fraction of sp³-hybridized carbons (Fsp3) is 0.158. The van der Waals surface area contributed by atoms with E-state index in [1.54, 1.807) is 11.3 Å². The van der Waals surface area contributed by atoms with Crippen LogP contribution in [0.25, 0.3) is 26.8 Å². The maximum atomic E-state index is 11.3. The maximum Gasteiger partial charge on any atom is 0.308 e. The van der Waals surface area contributed by atoms with Gasteiger partial charge in [-0.05, 0) is 30.9 Å². The van der Waals surface area contributed by atoms with Crippen LogP contribution in [0.1, 0.15) is 16.1 Å². The Bertz CT molecular complexity index is 1060. The summed E-state index contributed by atoms with van der Waals surface area (Å²) >= 11 is 3.12. The molecule has 4 rings (SSSR count). The highest BCUT2D eigenvalue weighted by Crippen LogP contribution is 2.37. The van der Waals surface area contributed by atoms with Gasteiger partial charge >= 0.3 is 5.97 Å². The second-order valence-corrected chi connectivity index (χ2v) is 7.96. The van der Waals surface area contributed by atoms with E-state index >= 15 is 0 Å². The lowest BCUT2D eigenvalue weighted by molar-refractivity contribution is -0.136. The second-order valence-electron chi connectivity index (χ2n) is 5.95. The van der Waals surface area contributed by atoms with Crippen molar-refractivity contribution >= 4 is 33.6 Å². The molecule has 6 heteroatoms. The molecule has 0 saturated carbocycles. The zero-order chi connectivity index (χ0) is 17.6. The molecule has 4 aromatic rings. The number of benzene rings is 1. The normalized spacial score (nSPS) is 11.3. The van der Waals surface area contributed by atoms with E-state index in [4.69, 9.17) is 4.98 Å². The number of thiophene rings is 1. The molecular weight excluding hydrogens is 352 g/mol. The summed E-state index contributed by atoms with van der Waals surface area (Å²) in [5, 5.41) is 11.3. The van der Waals surface area contributed by atoms with Crippen LogP contribution in [0.2, 0.25) is 0 Å². The van der Waals surface area contributed by atoms with Gasteiger partial charge in [0.1, 0.15) is 5.69 Å². The second kappa shape index (κ2) is 6.13. The summed E-state index contributed by atoms with van der Waals surface area (Å²) in [7, 11) is 0. The molecular formula is C19H16N2O2S2. The average Bonchev–Trinajstić information content (AvgIpc) is 3.26. The van der Waals surface area contributed by atoms with Crippen LogP contribution in [0, 0.1) is 13.8 Å². The van der Waals surface area contributed by atoms with Crippen LogP contribution in [0.5, 0.6) is 0 Å². The zero-order valence-electron chi connectivity index (χ0n) is 13.8. The molecule has 1 N–H and O–H groups in total. The SMILES string of the molecule is Cc1ccc(-c2c(CC(=O)O)sc3nc(-c4cccs4)c(C)n23)cc1. The van der Waals surface area contributed by atoms with Crippen molar-refractivity contribution in [3.63, 3.8) is 0 Å². The van der Waals surface area contributed by atoms with Crippen LogP contribution < -0.4 is 0 Å². The lowest BCUT2D eigenvalue weighted by atomic mass is 10.1. The Morgan fingerprint density at radius 2 is 1.96 bits per heavy atom. The summed E-state index contributed by atoms with van der Waals surface area (Å²) in [4.78, 5) is 18.9. The number of carboxylic acids is 1. The van der Waals surface area contributed by atoms with Crippen LogP contribution in [0.4, 0.5) is 0 Å². The first-order valence-electron chi connectivity index (χ1n) is 7.88. The molecule has 4 nitrogen and oxygen atoms in total. The van der Waals surface area contributed by atoms with Gasteiger partial charge in [-0.25, -0.2) is 4.98 Å². The number of carbonyl (C=O) groups is 1. The number of hydrogen-bond donors (Lipinski definition) is 1. The number of imidazole rings is 1. The molecule has 0 aliphatic heterocycles. The zero-order valence-corrected chi connectivity index (χ0v) is 15.4. The van der Waals surface area contributed by atoms with Crippen LogP contribution in [0.3, 0.4) is 0 Å². The van der Waals surface area contributed by atoms with Gasteiger partial charge in [-0.3, -0.25) is 9.20 Å². The van der Waals surface area contributed by atoms with Crippen LogP contribution in [-0.4, -0.2) is 20.5 Å². The van der Waals surface area contributed by atoms with Crippen molar-refractivity contribution < 1.29 is 9.90 Å². The Morgan fingerprint density at radius 3 is 2.60 bits per heavy atom. The smallest absolute Gasteiger partial charge is 0.308 e. The van der Waals surface area contributed by atoms with Crippen molar-refractivity contribution in [2.45, 2.75) is 20.3 Å². The first-order valence-corrected chi connectivity index (χ1v) is 9.57. The standard InChI is InChI=1S/C19H16N2O2S2/c1-11-5-7-13(8-6-11)18-15(10-16(22)23)25-19-20-17(12(2)21(18)19)14-4-3-9-24-14/h3-9H,10H2,1-2H3,(H,22,23). The molecule has 0 fully saturated rings. The minimum Gasteiger partial charge on any atom is -0.481 e.